The molecule has 0 N–H and O–H groups in total. The molecular formula is C18H14Cl2N2O2. The fourth-order valence-electron chi connectivity index (χ4n) is 4.90. The minimum atomic E-state index is -0.229. The van der Waals surface area contributed by atoms with Crippen molar-refractivity contribution in [1.29, 1.82) is 0 Å². The lowest BCUT2D eigenvalue weighted by atomic mass is 9.85. The number of halogens is 2. The van der Waals surface area contributed by atoms with Crippen LogP contribution in [-0.4, -0.2) is 23.0 Å². The maximum absolute atomic E-state index is 12.8. The van der Waals surface area contributed by atoms with Crippen LogP contribution >= 0.6 is 23.2 Å². The van der Waals surface area contributed by atoms with Crippen LogP contribution in [0.1, 0.15) is 18.4 Å². The molecule has 0 unspecified atom stereocenters. The fraction of sp³-hybridized carbons (Fsp3) is 0.389. The highest BCUT2D eigenvalue weighted by Gasteiger charge is 2.73. The first-order valence-electron chi connectivity index (χ1n) is 8.08. The third-order valence-corrected chi connectivity index (χ3v) is 6.67. The maximum atomic E-state index is 12.8. The maximum Gasteiger partial charge on any atom is 0.254 e. The van der Waals surface area contributed by atoms with Gasteiger partial charge >= 0.3 is 0 Å². The van der Waals surface area contributed by atoms with Crippen molar-refractivity contribution in [3.63, 3.8) is 0 Å². The van der Waals surface area contributed by atoms with Gasteiger partial charge in [-0.25, -0.2) is 0 Å². The van der Waals surface area contributed by atoms with Crippen LogP contribution in [-0.2, 0) is 9.59 Å². The van der Waals surface area contributed by atoms with Crippen molar-refractivity contribution in [3.8, 4) is 0 Å². The molecule has 1 aliphatic heterocycles. The van der Waals surface area contributed by atoms with E-state index in [1.807, 2.05) is 0 Å². The Morgan fingerprint density at radius 2 is 1.71 bits per heavy atom. The van der Waals surface area contributed by atoms with E-state index >= 15 is 0 Å². The molecular weight excluding hydrogens is 347 g/mol. The predicted octanol–water partition coefficient (Wildman–Crippen LogP) is 3.52. The molecule has 3 fully saturated rings. The Hall–Kier alpha value is -1.65. The van der Waals surface area contributed by atoms with E-state index in [0.717, 1.165) is 17.9 Å². The standard InChI is InChI=1S/C18H14Cl2N2O2/c19-10-2-1-9(13(20)7-10)8-21-22-16(23)14-11-3-4-12(15(14)17(22)24)18(11)5-6-18/h1-4,7-8,11-12,14-15H,5-6H2/b21-8-/t11-,12-,14+,15+/m1/s1. The second kappa shape index (κ2) is 4.70. The Balaban J connectivity index is 1.44. The Kier molecular flexibility index (Phi) is 2.88. The molecule has 24 heavy (non-hydrogen) atoms. The number of imide groups is 1. The second-order valence-electron chi connectivity index (χ2n) is 7.12. The smallest absolute Gasteiger partial charge is 0.254 e. The number of carbonyl (C=O) groups excluding carboxylic acids is 2. The Labute approximate surface area is 149 Å². The van der Waals surface area contributed by atoms with Gasteiger partial charge in [-0.1, -0.05) is 41.4 Å². The minimum absolute atomic E-state index is 0.172. The van der Waals surface area contributed by atoms with Gasteiger partial charge in [0.1, 0.15) is 0 Å². The molecule has 1 spiro atoms. The topological polar surface area (TPSA) is 49.7 Å². The fourth-order valence-corrected chi connectivity index (χ4v) is 5.36. The number of carbonyl (C=O) groups is 2. The molecule has 1 aromatic rings. The van der Waals surface area contributed by atoms with Gasteiger partial charge in [0.25, 0.3) is 11.8 Å². The lowest BCUT2D eigenvalue weighted by molar-refractivity contribution is -0.141. The number of hydrazone groups is 1. The number of hydrogen-bond acceptors (Lipinski definition) is 3. The van der Waals surface area contributed by atoms with E-state index < -0.39 is 0 Å². The van der Waals surface area contributed by atoms with E-state index in [-0.39, 0.29) is 40.9 Å². The van der Waals surface area contributed by atoms with Crippen LogP contribution in [0.5, 0.6) is 0 Å². The molecule has 2 saturated carbocycles. The number of benzene rings is 1. The third kappa shape index (κ3) is 1.73. The van der Waals surface area contributed by atoms with Crippen LogP contribution in [0.15, 0.2) is 35.5 Å². The number of rotatable bonds is 2. The lowest BCUT2D eigenvalue weighted by Crippen LogP contribution is -2.30. The van der Waals surface area contributed by atoms with Crippen molar-refractivity contribution in [1.82, 2.24) is 5.01 Å². The predicted molar refractivity (Wildman–Crippen MR) is 90.7 cm³/mol. The summed E-state index contributed by atoms with van der Waals surface area (Å²) in [6.07, 6.45) is 8.01. The molecule has 1 heterocycles. The van der Waals surface area contributed by atoms with Crippen LogP contribution in [0.2, 0.25) is 10.0 Å². The van der Waals surface area contributed by atoms with Gasteiger partial charge in [-0.3, -0.25) is 9.59 Å². The summed E-state index contributed by atoms with van der Waals surface area (Å²) >= 11 is 12.0. The summed E-state index contributed by atoms with van der Waals surface area (Å²) in [5.74, 6) is -0.379. The first kappa shape index (κ1) is 14.7. The van der Waals surface area contributed by atoms with Crippen LogP contribution in [0.4, 0.5) is 0 Å². The second-order valence-corrected chi connectivity index (χ2v) is 7.96. The van der Waals surface area contributed by atoms with Crippen LogP contribution < -0.4 is 0 Å². The molecule has 6 heteroatoms. The van der Waals surface area contributed by atoms with Gasteiger partial charge in [0.05, 0.1) is 23.1 Å². The highest BCUT2D eigenvalue weighted by atomic mass is 35.5. The molecule has 2 amide bonds. The molecule has 1 saturated heterocycles. The van der Waals surface area contributed by atoms with E-state index in [1.165, 1.54) is 6.21 Å². The third-order valence-electron chi connectivity index (χ3n) is 6.10. The number of fused-ring (bicyclic) bond motifs is 3. The monoisotopic (exact) mass is 360 g/mol. The molecule has 122 valence electrons. The van der Waals surface area contributed by atoms with Crippen molar-refractivity contribution < 1.29 is 9.59 Å². The van der Waals surface area contributed by atoms with E-state index in [2.05, 4.69) is 17.3 Å². The summed E-state index contributed by atoms with van der Waals surface area (Å²) in [6.45, 7) is 0. The van der Waals surface area contributed by atoms with Gasteiger partial charge in [-0.2, -0.15) is 10.1 Å². The van der Waals surface area contributed by atoms with Crippen molar-refractivity contribution in [2.75, 3.05) is 0 Å². The molecule has 3 aliphatic carbocycles. The van der Waals surface area contributed by atoms with E-state index in [0.29, 0.717) is 15.6 Å². The zero-order valence-corrected chi connectivity index (χ0v) is 14.2. The van der Waals surface area contributed by atoms with E-state index in [1.54, 1.807) is 18.2 Å². The summed E-state index contributed by atoms with van der Waals surface area (Å²) < 4.78 is 0. The van der Waals surface area contributed by atoms with Crippen molar-refractivity contribution in [2.45, 2.75) is 12.8 Å². The van der Waals surface area contributed by atoms with Crippen LogP contribution in [0.25, 0.3) is 0 Å². The number of amides is 2. The summed E-state index contributed by atoms with van der Waals surface area (Å²) in [6, 6.07) is 5.01. The average molecular weight is 361 g/mol. The van der Waals surface area contributed by atoms with Crippen molar-refractivity contribution in [3.05, 3.63) is 46.0 Å². The van der Waals surface area contributed by atoms with Gasteiger partial charge in [-0.05, 0) is 42.2 Å². The molecule has 5 rings (SSSR count). The number of hydrogen-bond donors (Lipinski definition) is 0. The Morgan fingerprint density at radius 3 is 2.25 bits per heavy atom. The highest BCUT2D eigenvalue weighted by Crippen LogP contribution is 2.73. The Morgan fingerprint density at radius 1 is 1.08 bits per heavy atom. The molecule has 4 aliphatic rings. The lowest BCUT2D eigenvalue weighted by Gasteiger charge is -2.18. The van der Waals surface area contributed by atoms with Gasteiger partial charge in [-0.15, -0.1) is 0 Å². The average Bonchev–Trinajstić information content (AvgIpc) is 3.15. The Bertz CT molecular complexity index is 809. The number of nitrogens with zero attached hydrogens (tertiary/aromatic N) is 2. The van der Waals surface area contributed by atoms with Crippen LogP contribution in [0.3, 0.4) is 0 Å². The summed E-state index contributed by atoms with van der Waals surface area (Å²) in [7, 11) is 0. The van der Waals surface area contributed by atoms with Crippen molar-refractivity contribution >= 4 is 41.2 Å². The quantitative estimate of drug-likeness (QED) is 0.460. The van der Waals surface area contributed by atoms with Crippen molar-refractivity contribution in [2.24, 2.45) is 34.2 Å². The van der Waals surface area contributed by atoms with Gasteiger partial charge in [0.15, 0.2) is 0 Å². The largest absolute Gasteiger partial charge is 0.272 e. The molecule has 4 atom stereocenters. The highest BCUT2D eigenvalue weighted by molar-refractivity contribution is 6.36. The van der Waals surface area contributed by atoms with Gasteiger partial charge in [0, 0.05) is 10.6 Å². The zero-order chi connectivity index (χ0) is 16.6. The molecule has 0 aromatic heterocycles. The first-order valence-corrected chi connectivity index (χ1v) is 8.84. The molecule has 2 bridgehead atoms. The van der Waals surface area contributed by atoms with Gasteiger partial charge in [0.2, 0.25) is 0 Å². The van der Waals surface area contributed by atoms with E-state index in [4.69, 9.17) is 23.2 Å². The molecule has 1 aromatic carbocycles. The SMILES string of the molecule is O=C1[C@@H]2[C@@H](C(=O)N1/N=C\c1ccc(Cl)cc1Cl)[C@H]1C=C[C@H]2C12CC2. The van der Waals surface area contributed by atoms with Crippen LogP contribution in [0, 0.1) is 29.1 Å². The zero-order valence-electron chi connectivity index (χ0n) is 12.7. The number of allylic oxidation sites excluding steroid dienone is 2. The van der Waals surface area contributed by atoms with Gasteiger partial charge < -0.3 is 0 Å². The summed E-state index contributed by atoms with van der Waals surface area (Å²) in [5, 5.41) is 6.15. The summed E-state index contributed by atoms with van der Waals surface area (Å²) in [5.41, 5.74) is 0.828. The molecule has 0 radical (unpaired) electrons. The molecule has 4 nitrogen and oxygen atoms in total. The summed E-state index contributed by atoms with van der Waals surface area (Å²) in [4.78, 5) is 25.5. The van der Waals surface area contributed by atoms with E-state index in [9.17, 15) is 9.59 Å². The first-order chi connectivity index (χ1) is 11.5. The minimum Gasteiger partial charge on any atom is -0.272 e. The normalized spacial score (nSPS) is 34.8.